The Kier molecular flexibility index (Phi) is 9.22. The summed E-state index contributed by atoms with van der Waals surface area (Å²) in [5.74, 6) is -3.43. The fraction of sp³-hybridized carbons (Fsp3) is 0.375. The molecule has 0 unspecified atom stereocenters. The molecule has 1 aliphatic heterocycles. The molecule has 0 amide bonds. The van der Waals surface area contributed by atoms with Gasteiger partial charge in [0.1, 0.15) is 5.82 Å². The summed E-state index contributed by atoms with van der Waals surface area (Å²) in [6.45, 7) is 4.67. The molecule has 0 bridgehead atoms. The molecule has 0 aliphatic carbocycles. The van der Waals surface area contributed by atoms with E-state index in [1.165, 1.54) is 21.3 Å². The normalized spacial score (nSPS) is 15.0. The zero-order valence-corrected chi connectivity index (χ0v) is 23.7. The van der Waals surface area contributed by atoms with Crippen LogP contribution in [0.4, 0.5) is 34.6 Å². The van der Waals surface area contributed by atoms with Crippen molar-refractivity contribution in [3.63, 3.8) is 0 Å². The predicted molar refractivity (Wildman–Crippen MR) is 144 cm³/mol. The molecule has 2 aromatic carbocycles. The zero-order valence-electron chi connectivity index (χ0n) is 22.1. The maximum Gasteiger partial charge on any atom is 0.490 e. The number of ether oxygens (including phenoxy) is 1. The van der Waals surface area contributed by atoms with Gasteiger partial charge in [0.15, 0.2) is 0 Å². The Morgan fingerprint density at radius 2 is 1.80 bits per heavy atom. The maximum atomic E-state index is 14.7. The Morgan fingerprint density at radius 3 is 2.37 bits per heavy atom. The van der Waals surface area contributed by atoms with Crippen LogP contribution >= 0.6 is 11.6 Å². The molecule has 1 aliphatic rings. The summed E-state index contributed by atoms with van der Waals surface area (Å²) in [6, 6.07) is 5.69. The van der Waals surface area contributed by atoms with E-state index in [1.807, 2.05) is 6.92 Å². The number of anilines is 3. The fourth-order valence-corrected chi connectivity index (χ4v) is 5.93. The standard InChI is InChI=1S/C22H25ClFN5O4S.C2HF3O2/c1-13-15(7-8-16-18(13)21(30)28(3)12-25-16)26-20-14(24)5-6-17(19(20)23)27-34(31,32)29-9-22(2,10-29)11-33-4;3-2(4,5)1(6)7/h5-8,12,26-27H,9-11H2,1-4H3;(H,6,7). The number of rotatable bonds is 7. The smallest absolute Gasteiger partial charge is 0.475 e. The quantitative estimate of drug-likeness (QED) is 0.335. The lowest BCUT2D eigenvalue weighted by molar-refractivity contribution is -0.192. The highest BCUT2D eigenvalue weighted by Crippen LogP contribution is 2.38. The maximum absolute atomic E-state index is 14.7. The first-order valence-electron chi connectivity index (χ1n) is 11.7. The Hall–Kier alpha value is -3.47. The van der Waals surface area contributed by atoms with Crippen molar-refractivity contribution in [3.8, 4) is 0 Å². The number of hydrogen-bond acceptors (Lipinski definition) is 7. The molecule has 0 radical (unpaired) electrons. The van der Waals surface area contributed by atoms with Gasteiger partial charge in [0.25, 0.3) is 5.56 Å². The van der Waals surface area contributed by atoms with E-state index < -0.39 is 28.2 Å². The molecule has 11 nitrogen and oxygen atoms in total. The molecule has 1 aromatic heterocycles. The van der Waals surface area contributed by atoms with E-state index in [1.54, 1.807) is 33.2 Å². The third kappa shape index (κ3) is 7.06. The average molecular weight is 624 g/mol. The van der Waals surface area contributed by atoms with E-state index >= 15 is 0 Å². The summed E-state index contributed by atoms with van der Waals surface area (Å²) in [5.41, 5.74) is 0.924. The minimum Gasteiger partial charge on any atom is -0.475 e. The van der Waals surface area contributed by atoms with Crippen molar-refractivity contribution < 1.29 is 40.6 Å². The second-order valence-electron chi connectivity index (χ2n) is 9.62. The summed E-state index contributed by atoms with van der Waals surface area (Å²) in [5, 5.41) is 10.3. The van der Waals surface area contributed by atoms with Crippen LogP contribution in [0, 0.1) is 18.2 Å². The number of aryl methyl sites for hydroxylation is 2. The second kappa shape index (κ2) is 11.8. The number of alkyl halides is 3. The van der Waals surface area contributed by atoms with Crippen molar-refractivity contribution in [2.24, 2.45) is 12.5 Å². The minimum absolute atomic E-state index is 0.0296. The highest BCUT2D eigenvalue weighted by molar-refractivity contribution is 7.90. The third-order valence-corrected chi connectivity index (χ3v) is 7.94. The van der Waals surface area contributed by atoms with E-state index in [0.717, 1.165) is 6.07 Å². The first kappa shape index (κ1) is 32.0. The molecule has 0 saturated carbocycles. The van der Waals surface area contributed by atoms with Gasteiger partial charge in [0.05, 0.1) is 40.2 Å². The van der Waals surface area contributed by atoms with E-state index in [0.29, 0.717) is 41.9 Å². The van der Waals surface area contributed by atoms with E-state index in [9.17, 15) is 30.8 Å². The van der Waals surface area contributed by atoms with Gasteiger partial charge in [0.2, 0.25) is 0 Å². The van der Waals surface area contributed by atoms with Crippen LogP contribution in [0.2, 0.25) is 5.02 Å². The van der Waals surface area contributed by atoms with Crippen molar-refractivity contribution in [2.75, 3.05) is 36.8 Å². The number of methoxy groups -OCH3 is 1. The molecular formula is C24H26ClF4N5O6S. The molecule has 224 valence electrons. The van der Waals surface area contributed by atoms with Crippen molar-refractivity contribution >= 4 is 55.7 Å². The number of carboxylic acids is 1. The van der Waals surface area contributed by atoms with Gasteiger partial charge >= 0.3 is 22.4 Å². The highest BCUT2D eigenvalue weighted by Gasteiger charge is 2.45. The first-order valence-corrected chi connectivity index (χ1v) is 13.5. The van der Waals surface area contributed by atoms with Crippen LogP contribution in [0.3, 0.4) is 0 Å². The van der Waals surface area contributed by atoms with E-state index in [-0.39, 0.29) is 27.4 Å². The van der Waals surface area contributed by atoms with Crippen LogP contribution in [-0.4, -0.2) is 66.3 Å². The van der Waals surface area contributed by atoms with Gasteiger partial charge in [0, 0.05) is 38.3 Å². The lowest BCUT2D eigenvalue weighted by Crippen LogP contribution is -2.59. The number of nitrogens with zero attached hydrogens (tertiary/aromatic N) is 3. The number of hydrogen-bond donors (Lipinski definition) is 3. The number of benzene rings is 2. The fourth-order valence-electron chi connectivity index (χ4n) is 4.09. The van der Waals surface area contributed by atoms with E-state index in [2.05, 4.69) is 15.0 Å². The molecule has 1 saturated heterocycles. The monoisotopic (exact) mass is 623 g/mol. The number of aromatic nitrogens is 2. The molecule has 41 heavy (non-hydrogen) atoms. The van der Waals surface area contributed by atoms with Crippen LogP contribution in [0.1, 0.15) is 12.5 Å². The molecular weight excluding hydrogens is 598 g/mol. The van der Waals surface area contributed by atoms with Gasteiger partial charge in [-0.2, -0.15) is 25.9 Å². The molecule has 1 fully saturated rings. The Bertz CT molecular complexity index is 1640. The van der Waals surface area contributed by atoms with Gasteiger partial charge < -0.3 is 19.7 Å². The first-order chi connectivity index (χ1) is 18.9. The van der Waals surface area contributed by atoms with Gasteiger partial charge in [-0.15, -0.1) is 0 Å². The summed E-state index contributed by atoms with van der Waals surface area (Å²) in [4.78, 5) is 25.7. The zero-order chi connectivity index (χ0) is 30.9. The molecule has 3 N–H and O–H groups in total. The number of carbonyl (C=O) groups is 1. The number of halogens is 5. The predicted octanol–water partition coefficient (Wildman–Crippen LogP) is 4.04. The van der Waals surface area contributed by atoms with Crippen molar-refractivity contribution in [1.82, 2.24) is 13.9 Å². The van der Waals surface area contributed by atoms with Gasteiger partial charge in [-0.25, -0.2) is 14.2 Å². The summed E-state index contributed by atoms with van der Waals surface area (Å²) >= 11 is 6.42. The summed E-state index contributed by atoms with van der Waals surface area (Å²) in [6.07, 6.45) is -3.65. The molecule has 17 heteroatoms. The molecule has 3 aromatic rings. The minimum atomic E-state index is -5.08. The van der Waals surface area contributed by atoms with Crippen molar-refractivity contribution in [2.45, 2.75) is 20.0 Å². The number of aliphatic carboxylic acids is 1. The van der Waals surface area contributed by atoms with Crippen molar-refractivity contribution in [1.29, 1.82) is 0 Å². The largest absolute Gasteiger partial charge is 0.490 e. The van der Waals surface area contributed by atoms with E-state index in [4.69, 9.17) is 26.2 Å². The van der Waals surface area contributed by atoms with Crippen LogP contribution in [-0.2, 0) is 26.8 Å². The third-order valence-electron chi connectivity index (χ3n) is 6.13. The van der Waals surface area contributed by atoms with Crippen LogP contribution in [0.25, 0.3) is 10.9 Å². The number of carboxylic acid groups (broad SMARTS) is 1. The molecule has 4 rings (SSSR count). The second-order valence-corrected chi connectivity index (χ2v) is 11.7. The topological polar surface area (TPSA) is 143 Å². The Morgan fingerprint density at radius 1 is 1.22 bits per heavy atom. The summed E-state index contributed by atoms with van der Waals surface area (Å²) < 4.78 is 82.3. The van der Waals surface area contributed by atoms with Crippen LogP contribution in [0.5, 0.6) is 0 Å². The molecule has 2 heterocycles. The lowest BCUT2D eigenvalue weighted by atomic mass is 9.85. The lowest BCUT2D eigenvalue weighted by Gasteiger charge is -2.46. The highest BCUT2D eigenvalue weighted by atomic mass is 35.5. The van der Waals surface area contributed by atoms with Gasteiger partial charge in [-0.3, -0.25) is 9.52 Å². The number of fused-ring (bicyclic) bond motifs is 1. The number of nitrogens with one attached hydrogen (secondary N) is 2. The van der Waals surface area contributed by atoms with Gasteiger partial charge in [-0.05, 0) is 36.8 Å². The SMILES string of the molecule is COCC1(C)CN(S(=O)(=O)Nc2ccc(F)c(Nc3ccc4ncn(C)c(=O)c4c3C)c2Cl)C1.O=C(O)C(F)(F)F. The average Bonchev–Trinajstić information content (AvgIpc) is 2.85. The Labute approximate surface area is 236 Å². The van der Waals surface area contributed by atoms with Crippen molar-refractivity contribution in [3.05, 3.63) is 57.3 Å². The Balaban J connectivity index is 0.000000587. The summed E-state index contributed by atoms with van der Waals surface area (Å²) in [7, 11) is -0.735. The molecule has 0 spiro atoms. The molecule has 0 atom stereocenters. The van der Waals surface area contributed by atoms with Crippen LogP contribution < -0.4 is 15.6 Å². The van der Waals surface area contributed by atoms with Crippen LogP contribution in [0.15, 0.2) is 35.4 Å². The van der Waals surface area contributed by atoms with Gasteiger partial charge in [-0.1, -0.05) is 18.5 Å².